The van der Waals surface area contributed by atoms with Gasteiger partial charge in [0.05, 0.1) is 18.8 Å². The van der Waals surface area contributed by atoms with E-state index in [9.17, 15) is 20.1 Å². The molecule has 0 heterocycles. The number of nitrogens with two attached hydrogens (primary N) is 1. The van der Waals surface area contributed by atoms with Crippen LogP contribution in [-0.4, -0.2) is 64.8 Å². The predicted molar refractivity (Wildman–Crippen MR) is 168 cm³/mol. The lowest BCUT2D eigenvalue weighted by atomic mass is 9.46. The molecule has 42 heavy (non-hydrogen) atoms. The number of fused-ring (bicyclic) bond motifs is 3. The minimum Gasteiger partial charge on any atom is -0.510 e. The Morgan fingerprint density at radius 3 is 2.33 bits per heavy atom. The third kappa shape index (κ3) is 4.34. The second-order valence-electron chi connectivity index (χ2n) is 13.9. The SMILES string of the molecule is C=C(N)C1=C(O)[C@@H](N(C)C)[C@@H]2[C@@H](O)[C@@]3(C)C(=C(C)[C@]2(O)C1=C)C(=C)c1c(ccc(NC(=O)OCC(C)(C)C)c1C)[C@@H]3C. The molecule has 3 aliphatic carbocycles. The van der Waals surface area contributed by atoms with Crippen molar-refractivity contribution in [2.24, 2.45) is 22.5 Å². The maximum atomic E-state index is 12.6. The van der Waals surface area contributed by atoms with E-state index in [0.717, 1.165) is 22.3 Å². The second-order valence-corrected chi connectivity index (χ2v) is 13.9. The molecule has 0 saturated carbocycles. The summed E-state index contributed by atoms with van der Waals surface area (Å²) in [4.78, 5) is 14.4. The van der Waals surface area contributed by atoms with Gasteiger partial charge in [-0.3, -0.25) is 10.2 Å². The minimum absolute atomic E-state index is 0.0707. The number of allylic oxidation sites excluding steroid dienone is 2. The molecule has 1 aromatic rings. The van der Waals surface area contributed by atoms with Crippen LogP contribution < -0.4 is 11.1 Å². The minimum atomic E-state index is -1.74. The monoisotopic (exact) mass is 577 g/mol. The lowest BCUT2D eigenvalue weighted by Gasteiger charge is -2.61. The topological polar surface area (TPSA) is 128 Å². The number of nitrogens with zero attached hydrogens (tertiary/aromatic N) is 1. The highest BCUT2D eigenvalue weighted by molar-refractivity contribution is 5.92. The van der Waals surface area contributed by atoms with Crippen molar-refractivity contribution in [2.45, 2.75) is 72.1 Å². The highest BCUT2D eigenvalue weighted by Gasteiger charge is 2.65. The van der Waals surface area contributed by atoms with Gasteiger partial charge in [-0.05, 0) is 84.3 Å². The highest BCUT2D eigenvalue weighted by atomic mass is 16.5. The summed E-state index contributed by atoms with van der Waals surface area (Å²) in [5.74, 6) is -1.14. The molecule has 6 atom stereocenters. The predicted octanol–water partition coefficient (Wildman–Crippen LogP) is 5.55. The van der Waals surface area contributed by atoms with E-state index in [0.29, 0.717) is 16.8 Å². The molecule has 6 N–H and O–H groups in total. The summed E-state index contributed by atoms with van der Waals surface area (Å²) in [6.07, 6.45) is -1.65. The molecular formula is C34H47N3O5. The molecule has 0 unspecified atom stereocenters. The summed E-state index contributed by atoms with van der Waals surface area (Å²) < 4.78 is 5.44. The first-order valence-electron chi connectivity index (χ1n) is 14.4. The van der Waals surface area contributed by atoms with Crippen LogP contribution in [0.25, 0.3) is 5.57 Å². The Bertz CT molecular complexity index is 1460. The molecule has 3 aliphatic rings. The van der Waals surface area contributed by atoms with E-state index in [4.69, 9.17) is 10.5 Å². The van der Waals surface area contributed by atoms with E-state index < -0.39 is 35.2 Å². The van der Waals surface area contributed by atoms with Crippen molar-refractivity contribution in [3.8, 4) is 0 Å². The number of carbonyl (C=O) groups is 1. The molecule has 0 aliphatic heterocycles. The summed E-state index contributed by atoms with van der Waals surface area (Å²) in [6, 6.07) is 3.05. The van der Waals surface area contributed by atoms with Gasteiger partial charge in [-0.1, -0.05) is 60.4 Å². The molecule has 8 heteroatoms. The van der Waals surface area contributed by atoms with Gasteiger partial charge in [0.25, 0.3) is 0 Å². The van der Waals surface area contributed by atoms with Crippen molar-refractivity contribution < 1.29 is 24.9 Å². The number of hydrogen-bond donors (Lipinski definition) is 5. The number of amides is 1. The Hall–Kier alpha value is -3.33. The van der Waals surface area contributed by atoms with Gasteiger partial charge in [0.15, 0.2) is 0 Å². The first kappa shape index (κ1) is 31.6. The Morgan fingerprint density at radius 1 is 1.21 bits per heavy atom. The van der Waals surface area contributed by atoms with E-state index >= 15 is 0 Å². The molecule has 1 amide bonds. The maximum Gasteiger partial charge on any atom is 0.411 e. The van der Waals surface area contributed by atoms with Crippen LogP contribution in [-0.2, 0) is 4.74 Å². The molecule has 1 aromatic carbocycles. The Kier molecular flexibility index (Phi) is 7.63. The zero-order valence-electron chi connectivity index (χ0n) is 26.5. The first-order valence-corrected chi connectivity index (χ1v) is 14.4. The third-order valence-electron chi connectivity index (χ3n) is 9.78. The molecule has 0 aromatic heterocycles. The van der Waals surface area contributed by atoms with Crippen molar-refractivity contribution in [2.75, 3.05) is 26.0 Å². The van der Waals surface area contributed by atoms with Crippen molar-refractivity contribution >= 4 is 17.4 Å². The standard InChI is InChI=1S/C34H47N3O5/c1-16-23(36-31(40)42-15-32(7,8)9)14-13-22-18(3)33(10)26(17(2)24(16)22)20(5)34(41)19(4)25(21(6)35)29(38)28(37(11)12)27(34)30(33)39/h13-14,18,27-28,30,38-39,41H,2,4,6,15,35H2,1,3,5,7-12H3,(H,36,40)/t18-,27+,28-,30+,33+,34+/m0/s1. The third-order valence-corrected chi connectivity index (χ3v) is 9.78. The van der Waals surface area contributed by atoms with Gasteiger partial charge in [-0.2, -0.15) is 0 Å². The van der Waals surface area contributed by atoms with Gasteiger partial charge < -0.3 is 25.8 Å². The van der Waals surface area contributed by atoms with Crippen LogP contribution in [0.4, 0.5) is 10.5 Å². The van der Waals surface area contributed by atoms with E-state index in [2.05, 4.69) is 32.0 Å². The van der Waals surface area contributed by atoms with Crippen LogP contribution in [0.15, 0.2) is 65.6 Å². The number of rotatable bonds is 4. The Balaban J connectivity index is 1.92. The van der Waals surface area contributed by atoms with Gasteiger partial charge in [0, 0.05) is 28.3 Å². The summed E-state index contributed by atoms with van der Waals surface area (Å²) in [6.45, 7) is 26.6. The number of likely N-dealkylation sites (N-methyl/N-ethyl adjacent to an activating group) is 1. The van der Waals surface area contributed by atoms with Crippen LogP contribution >= 0.6 is 0 Å². The second kappa shape index (κ2) is 10.1. The number of nitrogens with one attached hydrogen (secondary N) is 1. The number of hydrogen-bond acceptors (Lipinski definition) is 7. The maximum absolute atomic E-state index is 12.6. The first-order chi connectivity index (χ1) is 19.2. The largest absolute Gasteiger partial charge is 0.510 e. The highest BCUT2D eigenvalue weighted by Crippen LogP contribution is 2.65. The lowest BCUT2D eigenvalue weighted by molar-refractivity contribution is -0.117. The molecule has 0 bridgehead atoms. The number of carbonyl (C=O) groups excluding carboxylic acids is 1. The number of benzene rings is 1. The zero-order chi connectivity index (χ0) is 31.9. The van der Waals surface area contributed by atoms with Gasteiger partial charge in [0.1, 0.15) is 11.4 Å². The fourth-order valence-electron chi connectivity index (χ4n) is 7.54. The van der Waals surface area contributed by atoms with Crippen LogP contribution in [0.2, 0.25) is 0 Å². The smallest absolute Gasteiger partial charge is 0.411 e. The summed E-state index contributed by atoms with van der Waals surface area (Å²) >= 11 is 0. The number of ether oxygens (including phenoxy) is 1. The molecular weight excluding hydrogens is 530 g/mol. The Morgan fingerprint density at radius 2 is 1.81 bits per heavy atom. The molecule has 0 fully saturated rings. The quantitative estimate of drug-likeness (QED) is 0.317. The van der Waals surface area contributed by atoms with Crippen LogP contribution in [0.1, 0.15) is 64.2 Å². The summed E-state index contributed by atoms with van der Waals surface area (Å²) in [5, 5.41) is 39.3. The van der Waals surface area contributed by atoms with Crippen LogP contribution in [0.3, 0.4) is 0 Å². The van der Waals surface area contributed by atoms with Gasteiger partial charge in [-0.25, -0.2) is 4.79 Å². The van der Waals surface area contributed by atoms with Crippen molar-refractivity contribution in [3.05, 3.63) is 82.3 Å². The molecule has 8 nitrogen and oxygen atoms in total. The van der Waals surface area contributed by atoms with Crippen molar-refractivity contribution in [3.63, 3.8) is 0 Å². The number of anilines is 1. The zero-order valence-corrected chi connectivity index (χ0v) is 26.5. The van der Waals surface area contributed by atoms with E-state index in [1.807, 2.05) is 53.7 Å². The van der Waals surface area contributed by atoms with Crippen LogP contribution in [0.5, 0.6) is 0 Å². The molecule has 0 saturated heterocycles. The van der Waals surface area contributed by atoms with Gasteiger partial charge in [-0.15, -0.1) is 0 Å². The normalized spacial score (nSPS) is 31.0. The number of aliphatic hydroxyl groups excluding tert-OH is 2. The van der Waals surface area contributed by atoms with E-state index in [1.165, 1.54) is 0 Å². The van der Waals surface area contributed by atoms with E-state index in [-0.39, 0.29) is 40.5 Å². The fourth-order valence-corrected chi connectivity index (χ4v) is 7.54. The van der Waals surface area contributed by atoms with Crippen molar-refractivity contribution in [1.29, 1.82) is 0 Å². The average molecular weight is 578 g/mol. The summed E-state index contributed by atoms with van der Waals surface area (Å²) in [5.41, 5.74) is 9.03. The molecule has 0 radical (unpaired) electrons. The van der Waals surface area contributed by atoms with E-state index in [1.54, 1.807) is 19.0 Å². The average Bonchev–Trinajstić information content (AvgIpc) is 2.87. The molecule has 4 rings (SSSR count). The van der Waals surface area contributed by atoms with Gasteiger partial charge in [0.2, 0.25) is 0 Å². The summed E-state index contributed by atoms with van der Waals surface area (Å²) in [7, 11) is 3.58. The fraction of sp³-hybridized carbons (Fsp3) is 0.500. The number of aliphatic hydroxyl groups is 3. The van der Waals surface area contributed by atoms with Crippen molar-refractivity contribution in [1.82, 2.24) is 4.90 Å². The lowest BCUT2D eigenvalue weighted by Crippen LogP contribution is -2.67. The van der Waals surface area contributed by atoms with Gasteiger partial charge >= 0.3 is 6.09 Å². The van der Waals surface area contributed by atoms with Crippen LogP contribution in [0, 0.1) is 23.7 Å². The molecule has 0 spiro atoms. The molecule has 228 valence electrons. The Labute approximate surface area is 249 Å².